The zero-order valence-corrected chi connectivity index (χ0v) is 20.5. The Bertz CT molecular complexity index is 1310. The smallest absolute Gasteiger partial charge is 0.250 e. The first-order valence-electron chi connectivity index (χ1n) is 10.1. The predicted molar refractivity (Wildman–Crippen MR) is 136 cm³/mol. The van der Waals surface area contributed by atoms with E-state index in [9.17, 15) is 9.90 Å². The first-order chi connectivity index (χ1) is 16.5. The molecule has 10 heteroatoms. The van der Waals surface area contributed by atoms with Crippen LogP contribution >= 0.6 is 27.7 Å². The largest absolute Gasteiger partial charge is 0.507 e. The van der Waals surface area contributed by atoms with E-state index in [1.807, 2.05) is 59.2 Å². The summed E-state index contributed by atoms with van der Waals surface area (Å²) in [6.45, 7) is 0. The van der Waals surface area contributed by atoms with Gasteiger partial charge in [0.1, 0.15) is 11.5 Å². The second-order valence-corrected chi connectivity index (χ2v) is 8.85. The number of ether oxygens (including phenoxy) is 1. The molecule has 1 amide bonds. The molecule has 3 aromatic carbocycles. The Balaban J connectivity index is 1.51. The second kappa shape index (κ2) is 11.0. The summed E-state index contributed by atoms with van der Waals surface area (Å²) in [5, 5.41) is 23.1. The number of phenolic OH excluding ortho intramolecular Hbond substituents is 1. The van der Waals surface area contributed by atoms with Crippen LogP contribution in [0.5, 0.6) is 11.5 Å². The van der Waals surface area contributed by atoms with Crippen LogP contribution < -0.4 is 10.2 Å². The number of benzene rings is 3. The van der Waals surface area contributed by atoms with E-state index < -0.39 is 0 Å². The topological polar surface area (TPSA) is 102 Å². The zero-order chi connectivity index (χ0) is 23.9. The van der Waals surface area contributed by atoms with Crippen molar-refractivity contribution in [3.05, 3.63) is 82.8 Å². The number of hydrogen-bond acceptors (Lipinski definition) is 7. The molecular weight excluding hydrogens is 518 g/mol. The number of carbonyl (C=O) groups excluding carboxylic acids is 1. The van der Waals surface area contributed by atoms with Crippen LogP contribution in [0.15, 0.2) is 87.5 Å². The molecule has 8 nitrogen and oxygen atoms in total. The summed E-state index contributed by atoms with van der Waals surface area (Å²) >= 11 is 4.58. The monoisotopic (exact) mass is 537 g/mol. The van der Waals surface area contributed by atoms with Gasteiger partial charge < -0.3 is 9.84 Å². The molecule has 0 aliphatic rings. The average Bonchev–Trinajstić information content (AvgIpc) is 3.29. The Morgan fingerprint density at radius 1 is 1.15 bits per heavy atom. The minimum absolute atomic E-state index is 0.0663. The number of aromatic nitrogens is 3. The van der Waals surface area contributed by atoms with Crippen LogP contribution in [0.3, 0.4) is 0 Å². The Morgan fingerprint density at radius 3 is 2.65 bits per heavy atom. The van der Waals surface area contributed by atoms with Gasteiger partial charge in [0, 0.05) is 21.3 Å². The minimum Gasteiger partial charge on any atom is -0.507 e. The fourth-order valence-electron chi connectivity index (χ4n) is 3.07. The second-order valence-electron chi connectivity index (χ2n) is 6.99. The van der Waals surface area contributed by atoms with E-state index in [4.69, 9.17) is 4.74 Å². The van der Waals surface area contributed by atoms with Crippen molar-refractivity contribution in [2.24, 2.45) is 5.10 Å². The first kappa shape index (κ1) is 23.5. The lowest BCUT2D eigenvalue weighted by Crippen LogP contribution is -2.20. The molecule has 0 aliphatic carbocycles. The number of amides is 1. The Hall–Kier alpha value is -3.63. The maximum Gasteiger partial charge on any atom is 0.250 e. The van der Waals surface area contributed by atoms with Crippen LogP contribution in [0, 0.1) is 0 Å². The molecule has 4 rings (SSSR count). The average molecular weight is 538 g/mol. The number of hydrogen-bond donors (Lipinski definition) is 2. The molecule has 0 radical (unpaired) electrons. The molecule has 172 valence electrons. The van der Waals surface area contributed by atoms with Crippen LogP contribution in [0.1, 0.15) is 5.56 Å². The van der Waals surface area contributed by atoms with Crippen LogP contribution in [-0.2, 0) is 4.79 Å². The lowest BCUT2D eigenvalue weighted by molar-refractivity contribution is -0.118. The molecule has 1 heterocycles. The molecule has 0 fully saturated rings. The summed E-state index contributed by atoms with van der Waals surface area (Å²) in [4.78, 5) is 12.4. The molecule has 2 N–H and O–H groups in total. The van der Waals surface area contributed by atoms with Crippen LogP contribution in [-0.4, -0.2) is 44.9 Å². The zero-order valence-electron chi connectivity index (χ0n) is 18.1. The van der Waals surface area contributed by atoms with Gasteiger partial charge in [-0.2, -0.15) is 5.10 Å². The van der Waals surface area contributed by atoms with Gasteiger partial charge in [-0.05, 0) is 42.5 Å². The SMILES string of the molecule is COc1ccc(-n2c(SCC(=O)NN=Cc3cc(Br)ccc3O)nnc2-c2ccccc2)cc1. The molecule has 0 saturated carbocycles. The molecule has 0 spiro atoms. The summed E-state index contributed by atoms with van der Waals surface area (Å²) in [5.74, 6) is 1.22. The third kappa shape index (κ3) is 5.64. The number of phenols is 1. The maximum atomic E-state index is 12.4. The standard InChI is InChI=1S/C24H20BrN5O3S/c1-33-20-10-8-19(9-11-20)30-23(16-5-3-2-4-6-16)28-29-24(30)34-15-22(32)27-26-14-17-13-18(25)7-12-21(17)31/h2-14,31H,15H2,1H3,(H,27,32). The lowest BCUT2D eigenvalue weighted by Gasteiger charge is -2.11. The van der Waals surface area contributed by atoms with Gasteiger partial charge in [0.25, 0.3) is 5.91 Å². The number of methoxy groups -OCH3 is 1. The van der Waals surface area contributed by atoms with Crippen LogP contribution in [0.25, 0.3) is 17.1 Å². The molecule has 0 unspecified atom stereocenters. The fourth-order valence-corrected chi connectivity index (χ4v) is 4.19. The molecule has 0 bridgehead atoms. The van der Waals surface area contributed by atoms with Crippen LogP contribution in [0.2, 0.25) is 0 Å². The highest BCUT2D eigenvalue weighted by molar-refractivity contribution is 9.10. The van der Waals surface area contributed by atoms with Crippen molar-refractivity contribution in [1.29, 1.82) is 0 Å². The highest BCUT2D eigenvalue weighted by Crippen LogP contribution is 2.28. The van der Waals surface area contributed by atoms with Crippen molar-refractivity contribution in [3.63, 3.8) is 0 Å². The highest BCUT2D eigenvalue weighted by Gasteiger charge is 2.17. The Morgan fingerprint density at radius 2 is 1.91 bits per heavy atom. The van der Waals surface area contributed by atoms with E-state index >= 15 is 0 Å². The number of nitrogens with zero attached hydrogens (tertiary/aromatic N) is 4. The first-order valence-corrected chi connectivity index (χ1v) is 11.9. The van der Waals surface area contributed by atoms with E-state index in [0.717, 1.165) is 21.5 Å². The summed E-state index contributed by atoms with van der Waals surface area (Å²) in [6, 6.07) is 22.2. The van der Waals surface area contributed by atoms with Gasteiger partial charge in [0.2, 0.25) is 0 Å². The van der Waals surface area contributed by atoms with Gasteiger partial charge in [-0.25, -0.2) is 5.43 Å². The predicted octanol–water partition coefficient (Wildman–Crippen LogP) is 4.65. The van der Waals surface area contributed by atoms with Gasteiger partial charge in [-0.3, -0.25) is 9.36 Å². The van der Waals surface area contributed by atoms with Gasteiger partial charge >= 0.3 is 0 Å². The minimum atomic E-state index is -0.318. The van der Waals surface area contributed by atoms with Gasteiger partial charge in [0.15, 0.2) is 11.0 Å². The Labute approximate surface area is 208 Å². The quantitative estimate of drug-likeness (QED) is 0.192. The molecular formula is C24H20BrN5O3S. The lowest BCUT2D eigenvalue weighted by atomic mass is 10.2. The summed E-state index contributed by atoms with van der Waals surface area (Å²) in [5.41, 5.74) is 4.70. The maximum absolute atomic E-state index is 12.4. The van der Waals surface area contributed by atoms with E-state index in [1.54, 1.807) is 25.3 Å². The van der Waals surface area contributed by atoms with Crippen molar-refractivity contribution in [1.82, 2.24) is 20.2 Å². The highest BCUT2D eigenvalue weighted by atomic mass is 79.9. The van der Waals surface area contributed by atoms with E-state index in [2.05, 4.69) is 36.7 Å². The number of carbonyl (C=O) groups is 1. The van der Waals surface area contributed by atoms with Crippen molar-refractivity contribution in [3.8, 4) is 28.6 Å². The fraction of sp³-hybridized carbons (Fsp3) is 0.0833. The van der Waals surface area contributed by atoms with E-state index in [0.29, 0.717) is 16.5 Å². The number of nitrogens with one attached hydrogen (secondary N) is 1. The van der Waals surface area contributed by atoms with Gasteiger partial charge in [0.05, 0.1) is 19.1 Å². The van der Waals surface area contributed by atoms with Crippen molar-refractivity contribution in [2.75, 3.05) is 12.9 Å². The number of halogens is 1. The molecule has 34 heavy (non-hydrogen) atoms. The van der Waals surface area contributed by atoms with E-state index in [1.165, 1.54) is 18.0 Å². The molecule has 0 saturated heterocycles. The summed E-state index contributed by atoms with van der Waals surface area (Å²) < 4.78 is 7.95. The Kier molecular flexibility index (Phi) is 7.61. The third-order valence-corrected chi connectivity index (χ3v) is 6.13. The summed E-state index contributed by atoms with van der Waals surface area (Å²) in [7, 11) is 1.61. The van der Waals surface area contributed by atoms with Gasteiger partial charge in [-0.1, -0.05) is 58.0 Å². The van der Waals surface area contributed by atoms with Gasteiger partial charge in [-0.15, -0.1) is 10.2 Å². The molecule has 0 atom stereocenters. The van der Waals surface area contributed by atoms with Crippen molar-refractivity contribution < 1.29 is 14.6 Å². The van der Waals surface area contributed by atoms with E-state index in [-0.39, 0.29) is 17.4 Å². The van der Waals surface area contributed by atoms with Crippen molar-refractivity contribution in [2.45, 2.75) is 5.16 Å². The molecule has 0 aliphatic heterocycles. The number of hydrazone groups is 1. The normalized spacial score (nSPS) is 11.0. The third-order valence-electron chi connectivity index (χ3n) is 4.71. The molecule has 1 aromatic heterocycles. The van der Waals surface area contributed by atoms with Crippen molar-refractivity contribution >= 4 is 39.8 Å². The summed E-state index contributed by atoms with van der Waals surface area (Å²) in [6.07, 6.45) is 1.38. The number of rotatable bonds is 8. The number of thioether (sulfide) groups is 1. The number of aromatic hydroxyl groups is 1. The molecule has 4 aromatic rings. The van der Waals surface area contributed by atoms with Crippen LogP contribution in [0.4, 0.5) is 0 Å².